The molecule has 0 aliphatic rings. The highest BCUT2D eigenvalue weighted by molar-refractivity contribution is 9.10. The van der Waals surface area contributed by atoms with Crippen LogP contribution in [0.2, 0.25) is 0 Å². The number of aromatic nitrogens is 1. The predicted molar refractivity (Wildman–Crippen MR) is 132 cm³/mol. The first-order valence-corrected chi connectivity index (χ1v) is 11.2. The molecule has 5 heteroatoms. The van der Waals surface area contributed by atoms with Gasteiger partial charge in [0.05, 0.1) is 0 Å². The average molecular weight is 484 g/mol. The Hall–Kier alpha value is -3.62. The number of amides is 1. The van der Waals surface area contributed by atoms with Gasteiger partial charge in [0.15, 0.2) is 0 Å². The number of nitriles is 1. The van der Waals surface area contributed by atoms with E-state index in [4.69, 9.17) is 0 Å². The fraction of sp³-hybridized carbons (Fsp3) is 0.111. The van der Waals surface area contributed by atoms with Gasteiger partial charge in [0.2, 0.25) is 0 Å². The van der Waals surface area contributed by atoms with E-state index in [1.807, 2.05) is 66.9 Å². The normalized spacial score (nSPS) is 11.3. The van der Waals surface area contributed by atoms with E-state index in [2.05, 4.69) is 50.1 Å². The van der Waals surface area contributed by atoms with Crippen molar-refractivity contribution < 1.29 is 4.79 Å². The lowest BCUT2D eigenvalue weighted by Gasteiger charge is -2.05. The van der Waals surface area contributed by atoms with Crippen LogP contribution in [0, 0.1) is 11.3 Å². The van der Waals surface area contributed by atoms with Crippen molar-refractivity contribution in [2.24, 2.45) is 0 Å². The van der Waals surface area contributed by atoms with Gasteiger partial charge in [-0.2, -0.15) is 5.26 Å². The van der Waals surface area contributed by atoms with Gasteiger partial charge in [-0.25, -0.2) is 0 Å². The van der Waals surface area contributed by atoms with Gasteiger partial charge in [-0.1, -0.05) is 76.6 Å². The second-order valence-electron chi connectivity index (χ2n) is 7.52. The monoisotopic (exact) mass is 483 g/mol. The number of rotatable bonds is 7. The molecule has 1 amide bonds. The Morgan fingerprint density at radius 1 is 0.969 bits per heavy atom. The molecule has 0 atom stereocenters. The number of benzene rings is 3. The molecule has 158 valence electrons. The van der Waals surface area contributed by atoms with Gasteiger partial charge in [0.25, 0.3) is 5.91 Å². The van der Waals surface area contributed by atoms with E-state index in [0.717, 1.165) is 32.9 Å². The summed E-state index contributed by atoms with van der Waals surface area (Å²) in [5, 5.41) is 13.5. The molecule has 0 bridgehead atoms. The maximum atomic E-state index is 12.6. The lowest BCUT2D eigenvalue weighted by atomic mass is 10.1. The second kappa shape index (κ2) is 10.1. The molecular formula is C27H22BrN3O. The Morgan fingerprint density at radius 3 is 2.44 bits per heavy atom. The van der Waals surface area contributed by atoms with Crippen molar-refractivity contribution >= 4 is 38.8 Å². The molecule has 0 radical (unpaired) electrons. The molecule has 4 rings (SSSR count). The molecule has 0 fully saturated rings. The van der Waals surface area contributed by atoms with E-state index >= 15 is 0 Å². The van der Waals surface area contributed by atoms with Crippen LogP contribution in [-0.4, -0.2) is 17.0 Å². The minimum Gasteiger partial charge on any atom is -0.351 e. The van der Waals surface area contributed by atoms with Crippen LogP contribution in [0.25, 0.3) is 17.0 Å². The van der Waals surface area contributed by atoms with E-state index in [9.17, 15) is 10.1 Å². The number of nitrogens with one attached hydrogen (secondary N) is 1. The first-order chi connectivity index (χ1) is 15.6. The fourth-order valence-corrected chi connectivity index (χ4v) is 3.94. The van der Waals surface area contributed by atoms with Gasteiger partial charge in [0.1, 0.15) is 11.6 Å². The van der Waals surface area contributed by atoms with E-state index in [0.29, 0.717) is 13.1 Å². The molecule has 0 unspecified atom stereocenters. The van der Waals surface area contributed by atoms with Crippen molar-refractivity contribution in [1.29, 1.82) is 5.26 Å². The third-order valence-electron chi connectivity index (χ3n) is 5.29. The fourth-order valence-electron chi connectivity index (χ4n) is 3.67. The van der Waals surface area contributed by atoms with E-state index in [1.165, 1.54) is 5.56 Å². The molecule has 1 N–H and O–H groups in total. The topological polar surface area (TPSA) is 57.8 Å². The van der Waals surface area contributed by atoms with E-state index in [1.54, 1.807) is 6.08 Å². The van der Waals surface area contributed by atoms with E-state index in [-0.39, 0.29) is 11.5 Å². The van der Waals surface area contributed by atoms with Crippen molar-refractivity contribution in [3.8, 4) is 6.07 Å². The molecule has 0 aliphatic heterocycles. The summed E-state index contributed by atoms with van der Waals surface area (Å²) < 4.78 is 3.19. The summed E-state index contributed by atoms with van der Waals surface area (Å²) in [5.41, 5.74) is 4.33. The predicted octanol–water partition coefficient (Wildman–Crippen LogP) is 5.72. The smallest absolute Gasteiger partial charge is 0.261 e. The van der Waals surface area contributed by atoms with Gasteiger partial charge in [-0.15, -0.1) is 0 Å². The number of halogens is 1. The first-order valence-electron chi connectivity index (χ1n) is 10.4. The number of nitrogens with zero attached hydrogens (tertiary/aromatic N) is 2. The molecule has 1 aromatic heterocycles. The van der Waals surface area contributed by atoms with Crippen molar-refractivity contribution in [3.63, 3.8) is 0 Å². The van der Waals surface area contributed by atoms with Gasteiger partial charge in [-0.05, 0) is 41.8 Å². The van der Waals surface area contributed by atoms with Crippen LogP contribution in [0.15, 0.2) is 95.1 Å². The highest BCUT2D eigenvalue weighted by atomic mass is 79.9. The Morgan fingerprint density at radius 2 is 1.69 bits per heavy atom. The molecular weight excluding hydrogens is 462 g/mol. The highest BCUT2D eigenvalue weighted by Crippen LogP contribution is 2.25. The molecule has 4 aromatic rings. The summed E-state index contributed by atoms with van der Waals surface area (Å²) in [5.74, 6) is -0.354. The zero-order valence-electron chi connectivity index (χ0n) is 17.5. The average Bonchev–Trinajstić information content (AvgIpc) is 3.16. The SMILES string of the molecule is N#C/C(=C\c1cn(Cc2ccc(Br)cc2)c2ccccc12)C(=O)NCCc1ccccc1. The van der Waals surface area contributed by atoms with Crippen LogP contribution >= 0.6 is 15.9 Å². The number of hydrogen-bond acceptors (Lipinski definition) is 2. The molecule has 3 aromatic carbocycles. The highest BCUT2D eigenvalue weighted by Gasteiger charge is 2.12. The minimum atomic E-state index is -0.354. The molecule has 0 aliphatic carbocycles. The van der Waals surface area contributed by atoms with Gasteiger partial charge in [-0.3, -0.25) is 4.79 Å². The molecule has 4 nitrogen and oxygen atoms in total. The second-order valence-corrected chi connectivity index (χ2v) is 8.43. The van der Waals surface area contributed by atoms with Crippen molar-refractivity contribution in [1.82, 2.24) is 9.88 Å². The molecule has 32 heavy (non-hydrogen) atoms. The number of carbonyl (C=O) groups excluding carboxylic acids is 1. The van der Waals surface area contributed by atoms with Crippen LogP contribution in [0.4, 0.5) is 0 Å². The number of para-hydroxylation sites is 1. The standard InChI is InChI=1S/C27H22BrN3O/c28-24-12-10-21(11-13-24)18-31-19-23(25-8-4-5-9-26(25)31)16-22(17-29)27(32)30-15-14-20-6-2-1-3-7-20/h1-13,16,19H,14-15,18H2,(H,30,32)/b22-16+. The maximum Gasteiger partial charge on any atom is 0.261 e. The number of carbonyl (C=O) groups is 1. The summed E-state index contributed by atoms with van der Waals surface area (Å²) in [6, 6.07) is 28.3. The molecule has 1 heterocycles. The van der Waals surface area contributed by atoms with Crippen molar-refractivity contribution in [3.05, 3.63) is 112 Å². The van der Waals surface area contributed by atoms with Crippen molar-refractivity contribution in [2.75, 3.05) is 6.54 Å². The Bertz CT molecular complexity index is 1300. The van der Waals surface area contributed by atoms with Gasteiger partial charge >= 0.3 is 0 Å². The zero-order valence-corrected chi connectivity index (χ0v) is 19.0. The van der Waals surface area contributed by atoms with Crippen molar-refractivity contribution in [2.45, 2.75) is 13.0 Å². The third-order valence-corrected chi connectivity index (χ3v) is 5.82. The van der Waals surface area contributed by atoms with Crippen LogP contribution in [0.3, 0.4) is 0 Å². The lowest BCUT2D eigenvalue weighted by molar-refractivity contribution is -0.117. The molecule has 0 saturated carbocycles. The largest absolute Gasteiger partial charge is 0.351 e. The quantitative estimate of drug-likeness (QED) is 0.270. The molecule has 0 saturated heterocycles. The first kappa shape index (κ1) is 21.6. The Balaban J connectivity index is 1.55. The summed E-state index contributed by atoms with van der Waals surface area (Å²) >= 11 is 3.47. The zero-order chi connectivity index (χ0) is 22.3. The van der Waals surface area contributed by atoms with Crippen LogP contribution < -0.4 is 5.32 Å². The Kier molecular flexibility index (Phi) is 6.84. The summed E-state index contributed by atoms with van der Waals surface area (Å²) in [4.78, 5) is 12.6. The summed E-state index contributed by atoms with van der Waals surface area (Å²) in [6.07, 6.45) is 4.40. The van der Waals surface area contributed by atoms with Crippen LogP contribution in [0.1, 0.15) is 16.7 Å². The van der Waals surface area contributed by atoms with Crippen LogP contribution in [-0.2, 0) is 17.8 Å². The van der Waals surface area contributed by atoms with Crippen LogP contribution in [0.5, 0.6) is 0 Å². The summed E-state index contributed by atoms with van der Waals surface area (Å²) in [6.45, 7) is 1.18. The van der Waals surface area contributed by atoms with Gasteiger partial charge < -0.3 is 9.88 Å². The maximum absolute atomic E-state index is 12.6. The number of hydrogen-bond donors (Lipinski definition) is 1. The lowest BCUT2D eigenvalue weighted by Crippen LogP contribution is -2.26. The third kappa shape index (κ3) is 5.16. The minimum absolute atomic E-state index is 0.101. The Labute approximate surface area is 195 Å². The summed E-state index contributed by atoms with van der Waals surface area (Å²) in [7, 11) is 0. The molecule has 0 spiro atoms. The van der Waals surface area contributed by atoms with Gasteiger partial charge in [0, 0.05) is 40.2 Å². The number of fused-ring (bicyclic) bond motifs is 1. The van der Waals surface area contributed by atoms with E-state index < -0.39 is 0 Å².